The Bertz CT molecular complexity index is 918. The summed E-state index contributed by atoms with van der Waals surface area (Å²) in [6.45, 7) is 0.202. The number of anilines is 1. The highest BCUT2D eigenvalue weighted by Crippen LogP contribution is 2.11. The van der Waals surface area contributed by atoms with Gasteiger partial charge in [0.05, 0.1) is 11.8 Å². The highest BCUT2D eigenvalue weighted by Gasteiger charge is 2.07. The minimum atomic E-state index is -0.184. The van der Waals surface area contributed by atoms with E-state index in [4.69, 9.17) is 10.6 Å². The molecule has 0 saturated carbocycles. The molecule has 3 N–H and O–H groups in total. The molecular formula is C19H19N5O2. The molecule has 1 amide bonds. The van der Waals surface area contributed by atoms with Crippen molar-refractivity contribution in [2.75, 3.05) is 5.32 Å². The van der Waals surface area contributed by atoms with Gasteiger partial charge in [-0.15, -0.1) is 0 Å². The first kappa shape index (κ1) is 17.2. The molecule has 0 fully saturated rings. The fourth-order valence-electron chi connectivity index (χ4n) is 2.31. The van der Waals surface area contributed by atoms with Crippen LogP contribution in [0.15, 0.2) is 72.1 Å². The summed E-state index contributed by atoms with van der Waals surface area (Å²) in [6, 6.07) is 16.5. The molecule has 7 nitrogen and oxygen atoms in total. The molecule has 7 heteroatoms. The number of amidine groups is 1. The Morgan fingerprint density at radius 2 is 2.00 bits per heavy atom. The normalized spacial score (nSPS) is 11.2. The van der Waals surface area contributed by atoms with Gasteiger partial charge in [-0.05, 0) is 29.8 Å². The molecule has 26 heavy (non-hydrogen) atoms. The number of carbonyl (C=O) groups excluding carboxylic acids is 1. The smallest absolute Gasteiger partial charge is 0.255 e. The number of aryl methyl sites for hydroxylation is 1. The largest absolute Gasteiger partial charge is 0.389 e. The van der Waals surface area contributed by atoms with Gasteiger partial charge in [-0.25, -0.2) is 0 Å². The molecule has 1 heterocycles. The van der Waals surface area contributed by atoms with Crippen molar-refractivity contribution in [2.45, 2.75) is 6.61 Å². The zero-order valence-electron chi connectivity index (χ0n) is 14.3. The van der Waals surface area contributed by atoms with Gasteiger partial charge in [-0.3, -0.25) is 9.48 Å². The zero-order chi connectivity index (χ0) is 18.4. The van der Waals surface area contributed by atoms with E-state index in [0.717, 1.165) is 11.3 Å². The van der Waals surface area contributed by atoms with Crippen molar-refractivity contribution in [1.82, 2.24) is 9.78 Å². The van der Waals surface area contributed by atoms with Crippen molar-refractivity contribution >= 4 is 17.4 Å². The first-order chi connectivity index (χ1) is 12.6. The number of oxime groups is 1. The van der Waals surface area contributed by atoms with E-state index in [-0.39, 0.29) is 18.3 Å². The minimum Gasteiger partial charge on any atom is -0.389 e. The Balaban J connectivity index is 1.61. The third-order valence-electron chi connectivity index (χ3n) is 3.62. The fourth-order valence-corrected chi connectivity index (χ4v) is 2.31. The van der Waals surface area contributed by atoms with E-state index < -0.39 is 0 Å². The van der Waals surface area contributed by atoms with E-state index >= 15 is 0 Å². The van der Waals surface area contributed by atoms with Gasteiger partial charge < -0.3 is 15.9 Å². The fraction of sp³-hybridized carbons (Fsp3) is 0.105. The van der Waals surface area contributed by atoms with Crippen LogP contribution in [0.2, 0.25) is 0 Å². The van der Waals surface area contributed by atoms with Gasteiger partial charge in [0.1, 0.15) is 6.61 Å². The zero-order valence-corrected chi connectivity index (χ0v) is 14.3. The Morgan fingerprint density at radius 1 is 1.19 bits per heavy atom. The van der Waals surface area contributed by atoms with Crippen LogP contribution in [0.25, 0.3) is 0 Å². The highest BCUT2D eigenvalue weighted by molar-refractivity contribution is 6.04. The van der Waals surface area contributed by atoms with Crippen molar-refractivity contribution in [2.24, 2.45) is 17.9 Å². The van der Waals surface area contributed by atoms with Crippen molar-refractivity contribution in [3.05, 3.63) is 83.7 Å². The number of carbonyl (C=O) groups is 1. The molecule has 3 rings (SSSR count). The average molecular weight is 349 g/mol. The first-order valence-electron chi connectivity index (χ1n) is 8.01. The van der Waals surface area contributed by atoms with Crippen LogP contribution < -0.4 is 11.1 Å². The maximum atomic E-state index is 12.3. The molecule has 0 atom stereocenters. The highest BCUT2D eigenvalue weighted by atomic mass is 16.6. The molecule has 0 bridgehead atoms. The van der Waals surface area contributed by atoms with E-state index in [1.807, 2.05) is 36.4 Å². The van der Waals surface area contributed by atoms with Crippen LogP contribution in [0.3, 0.4) is 0 Å². The SMILES string of the molecule is Cn1cc(/C(N)=N/OCc2cccc(C(=O)Nc3ccccc3)c2)cn1. The molecule has 0 aliphatic rings. The van der Waals surface area contributed by atoms with Gasteiger partial charge in [0.2, 0.25) is 0 Å². The van der Waals surface area contributed by atoms with Gasteiger partial charge >= 0.3 is 0 Å². The number of nitrogens with one attached hydrogen (secondary N) is 1. The Morgan fingerprint density at radius 3 is 2.73 bits per heavy atom. The summed E-state index contributed by atoms with van der Waals surface area (Å²) in [4.78, 5) is 17.6. The van der Waals surface area contributed by atoms with Gasteiger partial charge in [0.25, 0.3) is 5.91 Å². The lowest BCUT2D eigenvalue weighted by Gasteiger charge is -2.07. The lowest BCUT2D eigenvalue weighted by molar-refractivity contribution is 0.102. The Hall–Kier alpha value is -3.61. The second-order valence-electron chi connectivity index (χ2n) is 5.67. The van der Waals surface area contributed by atoms with E-state index in [1.54, 1.807) is 42.3 Å². The average Bonchev–Trinajstić information content (AvgIpc) is 3.09. The van der Waals surface area contributed by atoms with Crippen LogP contribution >= 0.6 is 0 Å². The number of rotatable bonds is 6. The maximum absolute atomic E-state index is 12.3. The first-order valence-corrected chi connectivity index (χ1v) is 8.01. The van der Waals surface area contributed by atoms with Crippen molar-refractivity contribution in [1.29, 1.82) is 0 Å². The van der Waals surface area contributed by atoms with E-state index in [9.17, 15) is 4.79 Å². The van der Waals surface area contributed by atoms with Crippen molar-refractivity contribution in [3.63, 3.8) is 0 Å². The van der Waals surface area contributed by atoms with Crippen molar-refractivity contribution in [3.8, 4) is 0 Å². The van der Waals surface area contributed by atoms with Crippen LogP contribution in [-0.4, -0.2) is 21.5 Å². The standard InChI is InChI=1S/C19H19N5O2/c1-24-12-16(11-21-24)18(20)23-26-13-14-6-5-7-15(10-14)19(25)22-17-8-3-2-4-9-17/h2-12H,13H2,1H3,(H2,20,23)(H,22,25). The quantitative estimate of drug-likeness (QED) is 0.406. The summed E-state index contributed by atoms with van der Waals surface area (Å²) >= 11 is 0. The molecule has 0 aliphatic heterocycles. The molecule has 0 spiro atoms. The Labute approximate surface area is 151 Å². The predicted molar refractivity (Wildman–Crippen MR) is 99.6 cm³/mol. The molecule has 3 aromatic rings. The molecule has 0 aliphatic carbocycles. The minimum absolute atomic E-state index is 0.184. The molecule has 2 aromatic carbocycles. The molecule has 0 unspecified atom stereocenters. The molecule has 132 valence electrons. The molecule has 1 aromatic heterocycles. The molecular weight excluding hydrogens is 330 g/mol. The summed E-state index contributed by atoms with van der Waals surface area (Å²) in [5.41, 5.74) is 8.63. The summed E-state index contributed by atoms with van der Waals surface area (Å²) in [7, 11) is 1.80. The lowest BCUT2D eigenvalue weighted by Crippen LogP contribution is -2.13. The number of aromatic nitrogens is 2. The second-order valence-corrected chi connectivity index (χ2v) is 5.67. The number of para-hydroxylation sites is 1. The summed E-state index contributed by atoms with van der Waals surface area (Å²) in [5.74, 6) is 0.0625. The summed E-state index contributed by atoms with van der Waals surface area (Å²) in [6.07, 6.45) is 3.35. The molecule has 0 saturated heterocycles. The topological polar surface area (TPSA) is 94.5 Å². The van der Waals surface area contributed by atoms with Crippen LogP contribution in [0, 0.1) is 0 Å². The lowest BCUT2D eigenvalue weighted by atomic mass is 10.1. The van der Waals surface area contributed by atoms with Gasteiger partial charge in [0, 0.05) is 24.5 Å². The van der Waals surface area contributed by atoms with Crippen LogP contribution in [0.1, 0.15) is 21.5 Å². The Kier molecular flexibility index (Phi) is 5.28. The third-order valence-corrected chi connectivity index (χ3v) is 3.62. The van der Waals surface area contributed by atoms with Gasteiger partial charge in [-0.2, -0.15) is 5.10 Å². The van der Waals surface area contributed by atoms with Crippen LogP contribution in [-0.2, 0) is 18.5 Å². The van der Waals surface area contributed by atoms with Gasteiger partial charge in [-0.1, -0.05) is 35.5 Å². The van der Waals surface area contributed by atoms with Crippen LogP contribution in [0.5, 0.6) is 0 Å². The van der Waals surface area contributed by atoms with Gasteiger partial charge in [0.15, 0.2) is 5.84 Å². The number of amides is 1. The summed E-state index contributed by atoms with van der Waals surface area (Å²) < 4.78 is 1.63. The number of nitrogens with two attached hydrogens (primary N) is 1. The molecule has 0 radical (unpaired) electrons. The third kappa shape index (κ3) is 4.47. The van der Waals surface area contributed by atoms with Crippen LogP contribution in [0.4, 0.5) is 5.69 Å². The van der Waals surface area contributed by atoms with E-state index in [0.29, 0.717) is 11.1 Å². The number of benzene rings is 2. The monoisotopic (exact) mass is 349 g/mol. The van der Waals surface area contributed by atoms with E-state index in [1.165, 1.54) is 0 Å². The predicted octanol–water partition coefficient (Wildman–Crippen LogP) is 2.51. The second kappa shape index (κ2) is 7.98. The number of hydrogen-bond donors (Lipinski definition) is 2. The number of nitrogens with zero attached hydrogens (tertiary/aromatic N) is 3. The van der Waals surface area contributed by atoms with Crippen molar-refractivity contribution < 1.29 is 9.63 Å². The maximum Gasteiger partial charge on any atom is 0.255 e. The number of hydrogen-bond acceptors (Lipinski definition) is 4. The summed E-state index contributed by atoms with van der Waals surface area (Å²) in [5, 5.41) is 10.8. The van der Waals surface area contributed by atoms with E-state index in [2.05, 4.69) is 15.6 Å².